The van der Waals surface area contributed by atoms with E-state index < -0.39 is 22.4 Å². The summed E-state index contributed by atoms with van der Waals surface area (Å²) in [5, 5.41) is 18.9. The number of sulfonamides is 1. The van der Waals surface area contributed by atoms with Crippen LogP contribution in [0.5, 0.6) is 0 Å². The van der Waals surface area contributed by atoms with Crippen LogP contribution in [-0.4, -0.2) is 41.8 Å². The van der Waals surface area contributed by atoms with Gasteiger partial charge in [-0.2, -0.15) is 4.31 Å². The number of hydrogen-bond donors (Lipinski definition) is 2. The van der Waals surface area contributed by atoms with Gasteiger partial charge in [-0.25, -0.2) is 8.42 Å². The molecular formula is C23H39NO4Rh2S. The molecule has 0 amide bonds. The van der Waals surface area contributed by atoms with Gasteiger partial charge in [-0.1, -0.05) is 76.8 Å². The van der Waals surface area contributed by atoms with Gasteiger partial charge >= 0.3 is 0 Å². The average Bonchev–Trinajstić information content (AvgIpc) is 3.21. The maximum Gasteiger partial charge on any atom is 0.243 e. The number of hydrogen-bond acceptors (Lipinski definition) is 4. The summed E-state index contributed by atoms with van der Waals surface area (Å²) >= 11 is 0. The molecule has 2 radical (unpaired) electrons. The second-order valence-corrected chi connectivity index (χ2v) is 10.2. The predicted octanol–water partition coefficient (Wildman–Crippen LogP) is 4.61. The predicted molar refractivity (Wildman–Crippen MR) is 117 cm³/mol. The number of aliphatic hydroxyl groups is 2. The van der Waals surface area contributed by atoms with Gasteiger partial charge in [0, 0.05) is 45.5 Å². The van der Waals surface area contributed by atoms with Gasteiger partial charge in [0.15, 0.2) is 6.29 Å². The van der Waals surface area contributed by atoms with Crippen molar-refractivity contribution in [3.05, 3.63) is 29.8 Å². The van der Waals surface area contributed by atoms with Crippen molar-refractivity contribution >= 4 is 10.0 Å². The Labute approximate surface area is 215 Å². The van der Waals surface area contributed by atoms with Gasteiger partial charge in [0.25, 0.3) is 0 Å². The summed E-state index contributed by atoms with van der Waals surface area (Å²) < 4.78 is 26.8. The molecule has 1 aromatic rings. The molecule has 1 heterocycles. The fraction of sp³-hybridized carbons (Fsp3) is 0.739. The Kier molecular flexibility index (Phi) is 17.0. The van der Waals surface area contributed by atoms with Crippen molar-refractivity contribution in [1.82, 2.24) is 4.31 Å². The van der Waals surface area contributed by atoms with E-state index in [0.29, 0.717) is 19.4 Å². The van der Waals surface area contributed by atoms with Crippen molar-refractivity contribution in [1.29, 1.82) is 0 Å². The summed E-state index contributed by atoms with van der Waals surface area (Å²) in [6, 6.07) is 6.34. The van der Waals surface area contributed by atoms with Gasteiger partial charge in [-0.05, 0) is 43.4 Å². The van der Waals surface area contributed by atoms with Crippen molar-refractivity contribution in [3.8, 4) is 0 Å². The standard InChI is InChI=1S/C23H39NO4S.2Rh/c1-2-3-4-5-6-7-8-9-10-11-13-20-15-17-21(18-16-20)29(27,28)24-19-12-14-22(24)23(25)26;;/h15-18,22-23,25-26H,2-14,19H2,1H3;;/t22-;;/m0../s1. The van der Waals surface area contributed by atoms with E-state index in [0.717, 1.165) is 18.4 Å². The molecule has 0 spiro atoms. The van der Waals surface area contributed by atoms with E-state index in [-0.39, 0.29) is 43.9 Å². The van der Waals surface area contributed by atoms with Crippen LogP contribution in [0.25, 0.3) is 0 Å². The van der Waals surface area contributed by atoms with Crippen molar-refractivity contribution in [2.75, 3.05) is 6.54 Å². The first-order chi connectivity index (χ1) is 14.0. The summed E-state index contributed by atoms with van der Waals surface area (Å²) in [7, 11) is -3.68. The summed E-state index contributed by atoms with van der Waals surface area (Å²) in [4.78, 5) is 0.233. The molecule has 1 aliphatic heterocycles. The number of nitrogens with zero attached hydrogens (tertiary/aromatic N) is 1. The molecule has 184 valence electrons. The van der Waals surface area contributed by atoms with E-state index in [4.69, 9.17) is 0 Å². The molecule has 1 atom stereocenters. The maximum absolute atomic E-state index is 12.8. The van der Waals surface area contributed by atoms with Crippen LogP contribution in [0.1, 0.15) is 89.5 Å². The number of unbranched alkanes of at least 4 members (excludes halogenated alkanes) is 9. The molecule has 0 aliphatic carbocycles. The van der Waals surface area contributed by atoms with E-state index in [9.17, 15) is 18.6 Å². The van der Waals surface area contributed by atoms with Crippen molar-refractivity contribution in [2.45, 2.75) is 108 Å². The fourth-order valence-electron chi connectivity index (χ4n) is 4.14. The molecule has 1 aromatic carbocycles. The molecule has 1 aliphatic rings. The normalized spacial score (nSPS) is 16.8. The van der Waals surface area contributed by atoms with Crippen molar-refractivity contribution in [3.63, 3.8) is 0 Å². The zero-order valence-corrected chi connectivity index (χ0v) is 22.7. The number of aryl methyl sites for hydroxylation is 1. The Morgan fingerprint density at radius 2 is 1.42 bits per heavy atom. The summed E-state index contributed by atoms with van der Waals surface area (Å²) in [5.74, 6) is 0. The Morgan fingerprint density at radius 3 is 1.94 bits per heavy atom. The Balaban J connectivity index is 0.00000450. The quantitative estimate of drug-likeness (QED) is 0.179. The topological polar surface area (TPSA) is 77.8 Å². The fourth-order valence-corrected chi connectivity index (χ4v) is 5.83. The molecule has 0 aromatic heterocycles. The maximum atomic E-state index is 12.8. The first kappa shape index (κ1) is 31.3. The third-order valence-corrected chi connectivity index (χ3v) is 7.88. The van der Waals surface area contributed by atoms with Gasteiger partial charge in [0.1, 0.15) is 0 Å². The molecule has 1 fully saturated rings. The Morgan fingerprint density at radius 1 is 0.903 bits per heavy atom. The Bertz CT molecular complexity index is 683. The van der Waals surface area contributed by atoms with Crippen molar-refractivity contribution < 1.29 is 57.6 Å². The van der Waals surface area contributed by atoms with Gasteiger partial charge in [-0.15, -0.1) is 0 Å². The van der Waals surface area contributed by atoms with Crippen LogP contribution in [0.2, 0.25) is 0 Å². The molecule has 0 unspecified atom stereocenters. The number of aliphatic hydroxyl groups excluding tert-OH is 1. The third-order valence-electron chi connectivity index (χ3n) is 5.94. The van der Waals surface area contributed by atoms with Gasteiger partial charge in [0.05, 0.1) is 10.9 Å². The largest absolute Gasteiger partial charge is 0.367 e. The van der Waals surface area contributed by atoms with E-state index in [1.807, 2.05) is 12.1 Å². The van der Waals surface area contributed by atoms with Gasteiger partial charge in [0.2, 0.25) is 10.0 Å². The van der Waals surface area contributed by atoms with E-state index in [1.54, 1.807) is 12.1 Å². The summed E-state index contributed by atoms with van der Waals surface area (Å²) in [5.41, 5.74) is 1.16. The SMILES string of the molecule is CCCCCCCCCCCCc1ccc(S(=O)(=O)N2CCC[C@H]2C(O)O)cc1.[Rh].[Rh]. The first-order valence-corrected chi connectivity index (χ1v) is 12.9. The smallest absolute Gasteiger partial charge is 0.243 e. The van der Waals surface area contributed by atoms with Crippen LogP contribution in [-0.2, 0) is 55.4 Å². The van der Waals surface area contributed by atoms with E-state index >= 15 is 0 Å². The Hall–Kier alpha value is 0.297. The third kappa shape index (κ3) is 10.4. The van der Waals surface area contributed by atoms with Crippen LogP contribution in [0.3, 0.4) is 0 Å². The minimum Gasteiger partial charge on any atom is -0.367 e. The van der Waals surface area contributed by atoms with Crippen LogP contribution in [0, 0.1) is 0 Å². The van der Waals surface area contributed by atoms with Crippen LogP contribution >= 0.6 is 0 Å². The second-order valence-electron chi connectivity index (χ2n) is 8.31. The van der Waals surface area contributed by atoms with Crippen LogP contribution in [0.15, 0.2) is 29.2 Å². The monoisotopic (exact) mass is 631 g/mol. The van der Waals surface area contributed by atoms with Crippen molar-refractivity contribution in [2.24, 2.45) is 0 Å². The van der Waals surface area contributed by atoms with E-state index in [1.165, 1.54) is 62.1 Å². The zero-order chi connectivity index (χ0) is 21.1. The van der Waals surface area contributed by atoms with E-state index in [2.05, 4.69) is 6.92 Å². The molecule has 2 rings (SSSR count). The van der Waals surface area contributed by atoms with Crippen LogP contribution in [0.4, 0.5) is 0 Å². The average molecular weight is 631 g/mol. The summed E-state index contributed by atoms with van der Waals surface area (Å²) in [6.45, 7) is 2.59. The molecule has 31 heavy (non-hydrogen) atoms. The first-order valence-electron chi connectivity index (χ1n) is 11.4. The number of rotatable bonds is 14. The molecule has 0 saturated carbocycles. The zero-order valence-electron chi connectivity index (χ0n) is 18.6. The van der Waals surface area contributed by atoms with Gasteiger partial charge < -0.3 is 10.2 Å². The minimum atomic E-state index is -3.68. The molecule has 5 nitrogen and oxygen atoms in total. The molecule has 1 saturated heterocycles. The van der Waals surface area contributed by atoms with Crippen LogP contribution < -0.4 is 0 Å². The molecular weight excluding hydrogens is 592 g/mol. The molecule has 2 N–H and O–H groups in total. The minimum absolute atomic E-state index is 0. The molecule has 0 bridgehead atoms. The van der Waals surface area contributed by atoms with Gasteiger partial charge in [-0.3, -0.25) is 0 Å². The second kappa shape index (κ2) is 16.8. The number of benzene rings is 1. The molecule has 8 heteroatoms. The summed E-state index contributed by atoms with van der Waals surface area (Å²) in [6.07, 6.45) is 13.5.